The van der Waals surface area contributed by atoms with Crippen LogP contribution in [0.25, 0.3) is 0 Å². The maximum absolute atomic E-state index is 5.71. The van der Waals surface area contributed by atoms with Gasteiger partial charge in [-0.05, 0) is 36.1 Å². The molecule has 1 nitrogen and oxygen atoms in total. The average molecular weight is 254 g/mol. The fourth-order valence-corrected chi connectivity index (χ4v) is 2.08. The predicted octanol–water partition coefficient (Wildman–Crippen LogP) is 4.85. The van der Waals surface area contributed by atoms with E-state index < -0.39 is 0 Å². The van der Waals surface area contributed by atoms with E-state index in [1.807, 2.05) is 0 Å². The lowest BCUT2D eigenvalue weighted by atomic mass is 10.1. The van der Waals surface area contributed by atoms with Gasteiger partial charge in [-0.15, -0.1) is 0 Å². The molecule has 19 heavy (non-hydrogen) atoms. The van der Waals surface area contributed by atoms with Gasteiger partial charge in [0.25, 0.3) is 0 Å². The number of ether oxygens (including phenoxy) is 1. The standard InChI is InChI=1S/C18H22O/c1-2-3-7-14-19-18-12-10-17(11-13-18)15-16-8-5-4-6-9-16/h4-6,8-13H,2-3,7,14-15H2,1H3. The van der Waals surface area contributed by atoms with Crippen molar-refractivity contribution in [3.63, 3.8) is 0 Å². The lowest BCUT2D eigenvalue weighted by Gasteiger charge is -2.07. The van der Waals surface area contributed by atoms with Crippen LogP contribution >= 0.6 is 0 Å². The van der Waals surface area contributed by atoms with Crippen molar-refractivity contribution in [3.05, 3.63) is 65.7 Å². The summed E-state index contributed by atoms with van der Waals surface area (Å²) in [5.41, 5.74) is 2.67. The lowest BCUT2D eigenvalue weighted by Crippen LogP contribution is -1.97. The maximum Gasteiger partial charge on any atom is 0.119 e. The third-order valence-corrected chi connectivity index (χ3v) is 3.19. The Labute approximate surface area is 116 Å². The Morgan fingerprint density at radius 1 is 0.789 bits per heavy atom. The summed E-state index contributed by atoms with van der Waals surface area (Å²) in [6, 6.07) is 19.0. The van der Waals surface area contributed by atoms with Gasteiger partial charge in [-0.3, -0.25) is 0 Å². The van der Waals surface area contributed by atoms with E-state index in [0.29, 0.717) is 0 Å². The Morgan fingerprint density at radius 3 is 2.16 bits per heavy atom. The van der Waals surface area contributed by atoms with E-state index in [1.165, 1.54) is 24.0 Å². The highest BCUT2D eigenvalue weighted by Crippen LogP contribution is 2.15. The van der Waals surface area contributed by atoms with E-state index in [2.05, 4.69) is 61.5 Å². The Morgan fingerprint density at radius 2 is 1.47 bits per heavy atom. The minimum atomic E-state index is 0.825. The van der Waals surface area contributed by atoms with E-state index >= 15 is 0 Å². The van der Waals surface area contributed by atoms with Crippen LogP contribution in [0.15, 0.2) is 54.6 Å². The van der Waals surface area contributed by atoms with Gasteiger partial charge in [-0.2, -0.15) is 0 Å². The lowest BCUT2D eigenvalue weighted by molar-refractivity contribution is 0.306. The molecule has 2 aromatic rings. The molecule has 0 N–H and O–H groups in total. The van der Waals surface area contributed by atoms with Crippen molar-refractivity contribution in [1.29, 1.82) is 0 Å². The van der Waals surface area contributed by atoms with Gasteiger partial charge < -0.3 is 4.74 Å². The van der Waals surface area contributed by atoms with Crippen molar-refractivity contribution < 1.29 is 4.74 Å². The van der Waals surface area contributed by atoms with Gasteiger partial charge in [-0.25, -0.2) is 0 Å². The first-order chi connectivity index (χ1) is 9.38. The van der Waals surface area contributed by atoms with Crippen LogP contribution in [0.5, 0.6) is 5.75 Å². The number of rotatable bonds is 7. The highest BCUT2D eigenvalue weighted by Gasteiger charge is 1.97. The highest BCUT2D eigenvalue weighted by atomic mass is 16.5. The molecule has 0 aliphatic rings. The molecule has 0 aliphatic heterocycles. The van der Waals surface area contributed by atoms with Crippen molar-refractivity contribution in [2.24, 2.45) is 0 Å². The molecule has 0 saturated heterocycles. The molecule has 2 aromatic carbocycles. The van der Waals surface area contributed by atoms with Gasteiger partial charge in [0.2, 0.25) is 0 Å². The SMILES string of the molecule is CCCCCOc1ccc(Cc2ccccc2)cc1. The Balaban J connectivity index is 1.84. The van der Waals surface area contributed by atoms with Gasteiger partial charge in [0, 0.05) is 0 Å². The van der Waals surface area contributed by atoms with E-state index in [1.54, 1.807) is 0 Å². The number of hydrogen-bond acceptors (Lipinski definition) is 1. The van der Waals surface area contributed by atoms with E-state index in [0.717, 1.165) is 25.2 Å². The van der Waals surface area contributed by atoms with Gasteiger partial charge in [-0.1, -0.05) is 62.2 Å². The molecule has 2 rings (SSSR count). The minimum Gasteiger partial charge on any atom is -0.494 e. The molecule has 100 valence electrons. The van der Waals surface area contributed by atoms with Crippen molar-refractivity contribution >= 4 is 0 Å². The summed E-state index contributed by atoms with van der Waals surface area (Å²) in [7, 11) is 0. The smallest absolute Gasteiger partial charge is 0.119 e. The first-order valence-electron chi connectivity index (χ1n) is 7.14. The van der Waals surface area contributed by atoms with Crippen molar-refractivity contribution in [1.82, 2.24) is 0 Å². The zero-order valence-electron chi connectivity index (χ0n) is 11.6. The van der Waals surface area contributed by atoms with Crippen molar-refractivity contribution in [2.75, 3.05) is 6.61 Å². The minimum absolute atomic E-state index is 0.825. The van der Waals surface area contributed by atoms with Crippen LogP contribution in [0.3, 0.4) is 0 Å². The molecule has 0 fully saturated rings. The Bertz CT molecular complexity index is 459. The van der Waals surface area contributed by atoms with Gasteiger partial charge in [0.15, 0.2) is 0 Å². The Hall–Kier alpha value is -1.76. The summed E-state index contributed by atoms with van der Waals surface area (Å²) < 4.78 is 5.71. The summed E-state index contributed by atoms with van der Waals surface area (Å²) in [6.07, 6.45) is 4.60. The molecule has 0 spiro atoms. The monoisotopic (exact) mass is 254 g/mol. The van der Waals surface area contributed by atoms with Crippen LogP contribution in [0.4, 0.5) is 0 Å². The molecular weight excluding hydrogens is 232 g/mol. The van der Waals surface area contributed by atoms with Crippen LogP contribution in [0, 0.1) is 0 Å². The van der Waals surface area contributed by atoms with Crippen LogP contribution in [0.1, 0.15) is 37.3 Å². The van der Waals surface area contributed by atoms with Crippen molar-refractivity contribution in [3.8, 4) is 5.75 Å². The second-order valence-electron chi connectivity index (χ2n) is 4.86. The molecule has 0 bridgehead atoms. The van der Waals surface area contributed by atoms with E-state index in [-0.39, 0.29) is 0 Å². The molecule has 0 aromatic heterocycles. The molecule has 0 unspecified atom stereocenters. The van der Waals surface area contributed by atoms with Crippen LogP contribution in [-0.4, -0.2) is 6.61 Å². The third-order valence-electron chi connectivity index (χ3n) is 3.19. The molecule has 0 atom stereocenters. The predicted molar refractivity (Wildman–Crippen MR) is 80.7 cm³/mol. The van der Waals surface area contributed by atoms with Crippen LogP contribution < -0.4 is 4.74 Å². The number of unbranched alkanes of at least 4 members (excludes halogenated alkanes) is 2. The summed E-state index contributed by atoms with van der Waals surface area (Å²) in [4.78, 5) is 0. The zero-order chi connectivity index (χ0) is 13.3. The topological polar surface area (TPSA) is 9.23 Å². The van der Waals surface area contributed by atoms with Crippen LogP contribution in [0.2, 0.25) is 0 Å². The molecule has 0 radical (unpaired) electrons. The first kappa shape index (κ1) is 13.7. The Kier molecular flexibility index (Phi) is 5.49. The summed E-state index contributed by atoms with van der Waals surface area (Å²) >= 11 is 0. The molecule has 0 aliphatic carbocycles. The molecule has 1 heteroatoms. The first-order valence-corrected chi connectivity index (χ1v) is 7.14. The summed E-state index contributed by atoms with van der Waals surface area (Å²) in [6.45, 7) is 3.03. The maximum atomic E-state index is 5.71. The van der Waals surface area contributed by atoms with Gasteiger partial charge in [0.05, 0.1) is 6.61 Å². The van der Waals surface area contributed by atoms with E-state index in [4.69, 9.17) is 4.74 Å². The quantitative estimate of drug-likeness (QED) is 0.642. The van der Waals surface area contributed by atoms with E-state index in [9.17, 15) is 0 Å². The number of benzene rings is 2. The van der Waals surface area contributed by atoms with Gasteiger partial charge >= 0.3 is 0 Å². The third kappa shape index (κ3) is 4.78. The average Bonchev–Trinajstić information content (AvgIpc) is 2.46. The summed E-state index contributed by atoms with van der Waals surface area (Å²) in [5, 5.41) is 0. The molecular formula is C18H22O. The zero-order valence-corrected chi connectivity index (χ0v) is 11.6. The van der Waals surface area contributed by atoms with Crippen molar-refractivity contribution in [2.45, 2.75) is 32.6 Å². The fourth-order valence-electron chi connectivity index (χ4n) is 2.08. The second kappa shape index (κ2) is 7.63. The summed E-state index contributed by atoms with van der Waals surface area (Å²) in [5.74, 6) is 0.980. The largest absolute Gasteiger partial charge is 0.494 e. The number of hydrogen-bond donors (Lipinski definition) is 0. The normalized spacial score (nSPS) is 10.4. The molecule has 0 amide bonds. The molecule has 0 heterocycles. The van der Waals surface area contributed by atoms with Gasteiger partial charge in [0.1, 0.15) is 5.75 Å². The fraction of sp³-hybridized carbons (Fsp3) is 0.333. The highest BCUT2D eigenvalue weighted by molar-refractivity contribution is 5.31. The second-order valence-corrected chi connectivity index (χ2v) is 4.86. The molecule has 0 saturated carbocycles. The van der Waals surface area contributed by atoms with Crippen LogP contribution in [-0.2, 0) is 6.42 Å².